The lowest BCUT2D eigenvalue weighted by molar-refractivity contribution is 0.0683. The first-order valence-electron chi connectivity index (χ1n) is 9.37. The number of aromatic nitrogens is 3. The number of pyridine rings is 1. The molecule has 2 aromatic heterocycles. The number of nitrogens with one attached hydrogen (secondary N) is 2. The summed E-state index contributed by atoms with van der Waals surface area (Å²) in [7, 11) is 1.73. The van der Waals surface area contributed by atoms with E-state index in [1.54, 1.807) is 13.2 Å². The normalized spacial score (nSPS) is 17.7. The highest BCUT2D eigenvalue weighted by Gasteiger charge is 2.25. The molecule has 1 fully saturated rings. The Bertz CT molecular complexity index is 804. The number of rotatable bonds is 7. The van der Waals surface area contributed by atoms with Crippen LogP contribution in [0.2, 0.25) is 5.02 Å². The molecule has 160 valence electrons. The van der Waals surface area contributed by atoms with Crippen LogP contribution in [0.4, 0.5) is 5.82 Å². The molecular formula is C18H27ClIN7O2. The zero-order chi connectivity index (χ0) is 19.9. The van der Waals surface area contributed by atoms with E-state index in [-0.39, 0.29) is 36.1 Å². The fraction of sp³-hybridized carbons (Fsp3) is 0.556. The van der Waals surface area contributed by atoms with Gasteiger partial charge in [0.25, 0.3) is 0 Å². The summed E-state index contributed by atoms with van der Waals surface area (Å²) >= 11 is 6.25. The van der Waals surface area contributed by atoms with E-state index in [1.165, 1.54) is 0 Å². The third kappa shape index (κ3) is 6.41. The van der Waals surface area contributed by atoms with Crippen LogP contribution in [-0.4, -0.2) is 53.9 Å². The van der Waals surface area contributed by atoms with Crippen LogP contribution in [0, 0.1) is 0 Å². The van der Waals surface area contributed by atoms with E-state index < -0.39 is 0 Å². The minimum atomic E-state index is -0.192. The fourth-order valence-electron chi connectivity index (χ4n) is 3.06. The molecule has 0 radical (unpaired) electrons. The van der Waals surface area contributed by atoms with Gasteiger partial charge in [-0.2, -0.15) is 4.98 Å². The number of hydrogen-bond donors (Lipinski definition) is 2. The van der Waals surface area contributed by atoms with Crippen molar-refractivity contribution in [3.8, 4) is 0 Å². The first kappa shape index (κ1) is 23.6. The molecule has 2 atom stereocenters. The van der Waals surface area contributed by atoms with Crippen LogP contribution in [0.3, 0.4) is 0 Å². The molecule has 2 N–H and O–H groups in total. The summed E-state index contributed by atoms with van der Waals surface area (Å²) in [6.07, 6.45) is 2.53. The largest absolute Gasteiger partial charge is 0.371 e. The predicted molar refractivity (Wildman–Crippen MR) is 123 cm³/mol. The molecule has 3 heterocycles. The SMILES string of the molecule is CCOC(C)c1noc(CNC(=NC)NC2CCN(c3ncccc3Cl)C2)n1.I. The van der Waals surface area contributed by atoms with Crippen LogP contribution in [0.15, 0.2) is 27.8 Å². The van der Waals surface area contributed by atoms with E-state index in [1.807, 2.05) is 26.0 Å². The molecule has 1 aliphatic rings. The van der Waals surface area contributed by atoms with Crippen molar-refractivity contribution in [2.75, 3.05) is 31.6 Å². The fourth-order valence-corrected chi connectivity index (χ4v) is 3.30. The van der Waals surface area contributed by atoms with Gasteiger partial charge in [0, 0.05) is 39.0 Å². The zero-order valence-electron chi connectivity index (χ0n) is 16.8. The van der Waals surface area contributed by atoms with Crippen molar-refractivity contribution in [2.24, 2.45) is 4.99 Å². The molecule has 0 spiro atoms. The lowest BCUT2D eigenvalue weighted by atomic mass is 10.3. The van der Waals surface area contributed by atoms with Gasteiger partial charge in [-0.3, -0.25) is 4.99 Å². The number of guanidine groups is 1. The third-order valence-electron chi connectivity index (χ3n) is 4.46. The van der Waals surface area contributed by atoms with Crippen molar-refractivity contribution >= 4 is 47.4 Å². The van der Waals surface area contributed by atoms with Crippen molar-refractivity contribution in [2.45, 2.75) is 39.0 Å². The summed E-state index contributed by atoms with van der Waals surface area (Å²) in [5.41, 5.74) is 0. The Morgan fingerprint density at radius 1 is 1.52 bits per heavy atom. The van der Waals surface area contributed by atoms with Crippen LogP contribution in [-0.2, 0) is 11.3 Å². The second-order valence-corrected chi connectivity index (χ2v) is 6.86. The second-order valence-electron chi connectivity index (χ2n) is 6.45. The average Bonchev–Trinajstić information content (AvgIpc) is 3.35. The third-order valence-corrected chi connectivity index (χ3v) is 4.76. The summed E-state index contributed by atoms with van der Waals surface area (Å²) in [5.74, 6) is 2.52. The van der Waals surface area contributed by atoms with E-state index in [0.717, 1.165) is 25.3 Å². The predicted octanol–water partition coefficient (Wildman–Crippen LogP) is 2.78. The van der Waals surface area contributed by atoms with E-state index in [2.05, 4.69) is 35.7 Å². The highest BCUT2D eigenvalue weighted by molar-refractivity contribution is 14.0. The van der Waals surface area contributed by atoms with Gasteiger partial charge in [-0.15, -0.1) is 24.0 Å². The number of anilines is 1. The Hall–Kier alpha value is -1.66. The Labute approximate surface area is 192 Å². The molecule has 2 aromatic rings. The summed E-state index contributed by atoms with van der Waals surface area (Å²) in [4.78, 5) is 15.2. The number of halogens is 2. The van der Waals surface area contributed by atoms with Crippen LogP contribution >= 0.6 is 35.6 Å². The lowest BCUT2D eigenvalue weighted by Crippen LogP contribution is -2.44. The molecule has 0 aromatic carbocycles. The minimum Gasteiger partial charge on any atom is -0.371 e. The molecule has 2 unspecified atom stereocenters. The highest BCUT2D eigenvalue weighted by atomic mass is 127. The van der Waals surface area contributed by atoms with E-state index in [9.17, 15) is 0 Å². The van der Waals surface area contributed by atoms with Gasteiger partial charge in [-0.25, -0.2) is 4.98 Å². The van der Waals surface area contributed by atoms with Crippen molar-refractivity contribution in [1.29, 1.82) is 0 Å². The van der Waals surface area contributed by atoms with Crippen molar-refractivity contribution in [1.82, 2.24) is 25.8 Å². The molecule has 29 heavy (non-hydrogen) atoms. The van der Waals surface area contributed by atoms with Gasteiger partial charge in [0.05, 0.1) is 11.6 Å². The molecule has 0 amide bonds. The number of ether oxygens (including phenoxy) is 1. The molecule has 11 heteroatoms. The van der Waals surface area contributed by atoms with Gasteiger partial charge in [-0.1, -0.05) is 16.8 Å². The van der Waals surface area contributed by atoms with Crippen LogP contribution in [0.25, 0.3) is 0 Å². The molecule has 1 aliphatic heterocycles. The van der Waals surface area contributed by atoms with Crippen molar-refractivity contribution < 1.29 is 9.26 Å². The molecule has 3 rings (SSSR count). The monoisotopic (exact) mass is 535 g/mol. The molecule has 0 bridgehead atoms. The maximum Gasteiger partial charge on any atom is 0.246 e. The maximum atomic E-state index is 6.25. The smallest absolute Gasteiger partial charge is 0.246 e. The Morgan fingerprint density at radius 3 is 3.07 bits per heavy atom. The standard InChI is InChI=1S/C18H26ClN7O2.HI/c1-4-27-12(2)16-24-15(28-25-16)10-22-18(20-3)23-13-7-9-26(11-13)17-14(19)6-5-8-21-17;/h5-6,8,12-13H,4,7,9-11H2,1-3H3,(H2,20,22,23);1H. The first-order valence-corrected chi connectivity index (χ1v) is 9.75. The van der Waals surface area contributed by atoms with Gasteiger partial charge in [0.2, 0.25) is 5.89 Å². The summed E-state index contributed by atoms with van der Waals surface area (Å²) in [5, 5.41) is 11.2. The Balaban J connectivity index is 0.00000300. The zero-order valence-corrected chi connectivity index (χ0v) is 19.8. The second kappa shape index (κ2) is 11.5. The molecule has 9 nitrogen and oxygen atoms in total. The summed E-state index contributed by atoms with van der Waals surface area (Å²) < 4.78 is 10.7. The van der Waals surface area contributed by atoms with Gasteiger partial charge in [0.1, 0.15) is 11.9 Å². The van der Waals surface area contributed by atoms with Gasteiger partial charge in [-0.05, 0) is 32.4 Å². The van der Waals surface area contributed by atoms with Crippen LogP contribution in [0.1, 0.15) is 38.1 Å². The van der Waals surface area contributed by atoms with Crippen molar-refractivity contribution in [3.05, 3.63) is 35.1 Å². The van der Waals surface area contributed by atoms with Gasteiger partial charge in [0.15, 0.2) is 11.8 Å². The summed E-state index contributed by atoms with van der Waals surface area (Å²) in [6, 6.07) is 3.93. The van der Waals surface area contributed by atoms with Crippen LogP contribution in [0.5, 0.6) is 0 Å². The Kier molecular flexibility index (Phi) is 9.37. The average molecular weight is 536 g/mol. The number of aliphatic imine (C=N–C) groups is 1. The maximum absolute atomic E-state index is 6.25. The molecule has 0 aliphatic carbocycles. The molecule has 0 saturated carbocycles. The molecule has 1 saturated heterocycles. The highest BCUT2D eigenvalue weighted by Crippen LogP contribution is 2.25. The van der Waals surface area contributed by atoms with E-state index in [0.29, 0.717) is 35.8 Å². The van der Waals surface area contributed by atoms with Crippen LogP contribution < -0.4 is 15.5 Å². The topological polar surface area (TPSA) is 101 Å². The first-order chi connectivity index (χ1) is 13.6. The number of hydrogen-bond acceptors (Lipinski definition) is 7. The minimum absolute atomic E-state index is 0. The Morgan fingerprint density at radius 2 is 2.34 bits per heavy atom. The van der Waals surface area contributed by atoms with Gasteiger partial charge < -0.3 is 24.8 Å². The molecular weight excluding hydrogens is 509 g/mol. The summed E-state index contributed by atoms with van der Waals surface area (Å²) in [6.45, 7) is 6.49. The number of nitrogens with zero attached hydrogens (tertiary/aromatic N) is 5. The van der Waals surface area contributed by atoms with E-state index >= 15 is 0 Å². The quantitative estimate of drug-likeness (QED) is 0.317. The lowest BCUT2D eigenvalue weighted by Gasteiger charge is -2.20. The van der Waals surface area contributed by atoms with Gasteiger partial charge >= 0.3 is 0 Å². The van der Waals surface area contributed by atoms with Crippen molar-refractivity contribution in [3.63, 3.8) is 0 Å². The van der Waals surface area contributed by atoms with E-state index in [4.69, 9.17) is 20.9 Å².